The quantitative estimate of drug-likeness (QED) is 0.821. The van der Waals surface area contributed by atoms with Gasteiger partial charge in [-0.05, 0) is 25.7 Å². The van der Waals surface area contributed by atoms with Crippen LogP contribution in [0.15, 0.2) is 0 Å². The van der Waals surface area contributed by atoms with Gasteiger partial charge in [-0.2, -0.15) is 0 Å². The van der Waals surface area contributed by atoms with Crippen LogP contribution < -0.4 is 5.32 Å². The van der Waals surface area contributed by atoms with E-state index in [1.807, 2.05) is 0 Å². The number of nitrogens with one attached hydrogen (secondary N) is 1. The minimum absolute atomic E-state index is 0.134. The lowest BCUT2D eigenvalue weighted by molar-refractivity contribution is -0.133. The Morgan fingerprint density at radius 2 is 1.79 bits per heavy atom. The van der Waals surface area contributed by atoms with Gasteiger partial charge in [0.1, 0.15) is 0 Å². The van der Waals surface area contributed by atoms with E-state index in [0.717, 1.165) is 0 Å². The minimum atomic E-state index is -2.62. The van der Waals surface area contributed by atoms with Crippen LogP contribution in [0, 0.1) is 5.92 Å². The summed E-state index contributed by atoms with van der Waals surface area (Å²) in [6.07, 6.45) is 1.13. The molecule has 0 aromatic carbocycles. The molecule has 4 nitrogen and oxygen atoms in total. The molecule has 6 heteroatoms. The largest absolute Gasteiger partial charge is 0.394 e. The summed E-state index contributed by atoms with van der Waals surface area (Å²) in [5.41, 5.74) is -0.630. The molecule has 2 rings (SSSR count). The maximum atomic E-state index is 13.1. The molecule has 0 atom stereocenters. The van der Waals surface area contributed by atoms with Crippen LogP contribution in [0.25, 0.3) is 0 Å². The molecule has 2 fully saturated rings. The van der Waals surface area contributed by atoms with Crippen LogP contribution in [0.2, 0.25) is 0 Å². The van der Waals surface area contributed by atoms with E-state index in [9.17, 15) is 18.7 Å². The number of carbonyl (C=O) groups is 1. The fourth-order valence-electron chi connectivity index (χ4n) is 2.75. The molecule has 110 valence electrons. The normalized spacial score (nSPS) is 26.9. The zero-order chi connectivity index (χ0) is 13.9. The van der Waals surface area contributed by atoms with Gasteiger partial charge in [-0.25, -0.2) is 8.78 Å². The second-order valence-corrected chi connectivity index (χ2v) is 5.67. The summed E-state index contributed by atoms with van der Waals surface area (Å²) in [4.78, 5) is 12.1. The van der Waals surface area contributed by atoms with Gasteiger partial charge in [0.05, 0.1) is 12.1 Å². The van der Waals surface area contributed by atoms with Crippen molar-refractivity contribution >= 4 is 5.91 Å². The van der Waals surface area contributed by atoms with Gasteiger partial charge in [-0.3, -0.25) is 4.79 Å². The zero-order valence-electron chi connectivity index (χ0n) is 11.0. The van der Waals surface area contributed by atoms with Gasteiger partial charge in [0.15, 0.2) is 0 Å². The van der Waals surface area contributed by atoms with Crippen LogP contribution in [-0.4, -0.2) is 42.3 Å². The summed E-state index contributed by atoms with van der Waals surface area (Å²) in [6, 6.07) is 0. The molecule has 0 bridgehead atoms. The maximum Gasteiger partial charge on any atom is 0.248 e. The van der Waals surface area contributed by atoms with Gasteiger partial charge < -0.3 is 15.2 Å². The highest BCUT2D eigenvalue weighted by Gasteiger charge is 2.40. The van der Waals surface area contributed by atoms with E-state index in [1.165, 1.54) is 0 Å². The molecule has 0 aromatic heterocycles. The second-order valence-electron chi connectivity index (χ2n) is 5.67. The SMILES string of the molecule is O=C(NC1(CO)CCOCC1)C1CCC(F)(F)CC1. The molecule has 0 unspecified atom stereocenters. The van der Waals surface area contributed by atoms with Gasteiger partial charge in [-0.1, -0.05) is 0 Å². The van der Waals surface area contributed by atoms with Crippen LogP contribution in [-0.2, 0) is 9.53 Å². The maximum absolute atomic E-state index is 13.1. The highest BCUT2D eigenvalue weighted by molar-refractivity contribution is 5.79. The smallest absolute Gasteiger partial charge is 0.248 e. The Kier molecular flexibility index (Phi) is 4.40. The number of hydrogen-bond acceptors (Lipinski definition) is 3. The minimum Gasteiger partial charge on any atom is -0.394 e. The topological polar surface area (TPSA) is 58.6 Å². The van der Waals surface area contributed by atoms with Crippen LogP contribution in [0.3, 0.4) is 0 Å². The molecule has 19 heavy (non-hydrogen) atoms. The fraction of sp³-hybridized carbons (Fsp3) is 0.923. The van der Waals surface area contributed by atoms with Crippen LogP contribution >= 0.6 is 0 Å². The van der Waals surface area contributed by atoms with Gasteiger partial charge in [0.25, 0.3) is 0 Å². The van der Waals surface area contributed by atoms with Gasteiger partial charge in [-0.15, -0.1) is 0 Å². The number of hydrogen-bond donors (Lipinski definition) is 2. The van der Waals surface area contributed by atoms with E-state index >= 15 is 0 Å². The summed E-state index contributed by atoms with van der Waals surface area (Å²) in [6.45, 7) is 0.873. The lowest BCUT2D eigenvalue weighted by atomic mass is 9.84. The van der Waals surface area contributed by atoms with Crippen LogP contribution in [0.4, 0.5) is 8.78 Å². The lowest BCUT2D eigenvalue weighted by Crippen LogP contribution is -2.56. The highest BCUT2D eigenvalue weighted by Crippen LogP contribution is 2.36. The Labute approximate surface area is 111 Å². The standard InChI is InChI=1S/C13H21F2NO3/c14-13(15)3-1-10(2-4-13)11(18)16-12(9-17)5-7-19-8-6-12/h10,17H,1-9H2,(H,16,18). The molecule has 0 aromatic rings. The molecular formula is C13H21F2NO3. The van der Waals surface area contributed by atoms with Gasteiger partial charge in [0, 0.05) is 32.0 Å². The van der Waals surface area contributed by atoms with Crippen LogP contribution in [0.5, 0.6) is 0 Å². The first kappa shape index (κ1) is 14.7. The average Bonchev–Trinajstić information content (AvgIpc) is 2.39. The summed E-state index contributed by atoms with van der Waals surface area (Å²) >= 11 is 0. The van der Waals surface area contributed by atoms with E-state index < -0.39 is 11.5 Å². The Hall–Kier alpha value is -0.750. The molecule has 1 saturated carbocycles. The molecule has 0 spiro atoms. The summed E-state index contributed by atoms with van der Waals surface area (Å²) < 4.78 is 31.3. The molecule has 0 radical (unpaired) electrons. The molecule has 1 aliphatic carbocycles. The Morgan fingerprint density at radius 3 is 2.32 bits per heavy atom. The van der Waals surface area contributed by atoms with E-state index in [1.54, 1.807) is 0 Å². The molecule has 1 amide bonds. The number of aliphatic hydroxyl groups is 1. The molecule has 2 N–H and O–H groups in total. The highest BCUT2D eigenvalue weighted by atomic mass is 19.3. The Morgan fingerprint density at radius 1 is 1.21 bits per heavy atom. The van der Waals surface area contributed by atoms with Crippen molar-refractivity contribution in [1.29, 1.82) is 0 Å². The second kappa shape index (κ2) is 5.71. The van der Waals surface area contributed by atoms with E-state index in [4.69, 9.17) is 4.74 Å². The van der Waals surface area contributed by atoms with Crippen molar-refractivity contribution < 1.29 is 23.4 Å². The number of ether oxygens (including phenoxy) is 1. The molecule has 2 aliphatic rings. The van der Waals surface area contributed by atoms with Crippen molar-refractivity contribution in [2.75, 3.05) is 19.8 Å². The van der Waals surface area contributed by atoms with Crippen molar-refractivity contribution in [2.45, 2.75) is 50.0 Å². The fourth-order valence-corrected chi connectivity index (χ4v) is 2.75. The van der Waals surface area contributed by atoms with Crippen molar-refractivity contribution in [3.8, 4) is 0 Å². The monoisotopic (exact) mass is 277 g/mol. The number of halogens is 2. The van der Waals surface area contributed by atoms with Crippen molar-refractivity contribution in [3.63, 3.8) is 0 Å². The number of carbonyl (C=O) groups excluding carboxylic acids is 1. The summed E-state index contributed by atoms with van der Waals surface area (Å²) in [5.74, 6) is -3.18. The first-order chi connectivity index (χ1) is 8.96. The number of alkyl halides is 2. The van der Waals surface area contributed by atoms with Crippen LogP contribution in [0.1, 0.15) is 38.5 Å². The zero-order valence-corrected chi connectivity index (χ0v) is 11.0. The number of rotatable bonds is 3. The predicted molar refractivity (Wildman–Crippen MR) is 64.9 cm³/mol. The first-order valence-electron chi connectivity index (χ1n) is 6.85. The van der Waals surface area contributed by atoms with Gasteiger partial charge >= 0.3 is 0 Å². The molecular weight excluding hydrogens is 256 g/mol. The summed E-state index contributed by atoms with van der Waals surface area (Å²) in [5, 5.41) is 12.3. The third-order valence-electron chi connectivity index (χ3n) is 4.23. The van der Waals surface area contributed by atoms with Crippen molar-refractivity contribution in [2.24, 2.45) is 5.92 Å². The van der Waals surface area contributed by atoms with E-state index in [-0.39, 0.29) is 44.1 Å². The number of amides is 1. The third-order valence-corrected chi connectivity index (χ3v) is 4.23. The first-order valence-corrected chi connectivity index (χ1v) is 6.85. The molecule has 1 aliphatic heterocycles. The van der Waals surface area contributed by atoms with Crippen molar-refractivity contribution in [1.82, 2.24) is 5.32 Å². The van der Waals surface area contributed by atoms with Crippen molar-refractivity contribution in [3.05, 3.63) is 0 Å². The third kappa shape index (κ3) is 3.63. The average molecular weight is 277 g/mol. The Bertz CT molecular complexity index is 320. The predicted octanol–water partition coefficient (Wildman–Crippen LogP) is 1.47. The molecule has 1 saturated heterocycles. The Balaban J connectivity index is 1.89. The van der Waals surface area contributed by atoms with E-state index in [2.05, 4.69) is 5.32 Å². The summed E-state index contributed by atoms with van der Waals surface area (Å²) in [7, 11) is 0. The van der Waals surface area contributed by atoms with E-state index in [0.29, 0.717) is 26.1 Å². The lowest BCUT2D eigenvalue weighted by Gasteiger charge is -2.38. The molecule has 1 heterocycles. The van der Waals surface area contributed by atoms with Gasteiger partial charge in [0.2, 0.25) is 11.8 Å². The number of aliphatic hydroxyl groups excluding tert-OH is 1.